The van der Waals surface area contributed by atoms with Crippen molar-refractivity contribution in [2.24, 2.45) is 0 Å². The fourth-order valence-electron chi connectivity index (χ4n) is 3.39. The van der Waals surface area contributed by atoms with Gasteiger partial charge < -0.3 is 19.5 Å². The minimum absolute atomic E-state index is 0.147. The number of hydrogen-bond donors (Lipinski definition) is 1. The van der Waals surface area contributed by atoms with Gasteiger partial charge in [0.15, 0.2) is 17.6 Å². The first kappa shape index (κ1) is 20.6. The predicted octanol–water partition coefficient (Wildman–Crippen LogP) is 2.52. The summed E-state index contributed by atoms with van der Waals surface area (Å²) in [6.45, 7) is 2.65. The first-order valence-corrected chi connectivity index (χ1v) is 11.6. The molecule has 0 saturated carbocycles. The van der Waals surface area contributed by atoms with E-state index in [4.69, 9.17) is 25.8 Å². The first-order chi connectivity index (χ1) is 14.2. The number of nitrogens with zero attached hydrogens (tertiary/aromatic N) is 1. The topological polar surface area (TPSA) is 94.2 Å². The molecule has 4 rings (SSSR count). The predicted molar refractivity (Wildman–Crippen MR) is 112 cm³/mol. The second kappa shape index (κ2) is 7.88. The Hall–Kier alpha value is -2.65. The summed E-state index contributed by atoms with van der Waals surface area (Å²) in [7, 11) is -3.63. The van der Waals surface area contributed by atoms with Crippen LogP contribution in [0.25, 0.3) is 0 Å². The monoisotopic (exact) mass is 452 g/mol. The third kappa shape index (κ3) is 4.13. The molecule has 0 fully saturated rings. The lowest BCUT2D eigenvalue weighted by molar-refractivity contribution is -0.128. The summed E-state index contributed by atoms with van der Waals surface area (Å²) in [5.41, 5.74) is 1.14. The maximum absolute atomic E-state index is 12.9. The number of fused-ring (bicyclic) bond motifs is 2. The van der Waals surface area contributed by atoms with Gasteiger partial charge in [-0.3, -0.25) is 9.10 Å². The van der Waals surface area contributed by atoms with Crippen molar-refractivity contribution in [2.45, 2.75) is 19.1 Å². The van der Waals surface area contributed by atoms with Gasteiger partial charge in [0, 0.05) is 5.02 Å². The summed E-state index contributed by atoms with van der Waals surface area (Å²) in [4.78, 5) is 12.9. The Bertz CT molecular complexity index is 1090. The van der Waals surface area contributed by atoms with Crippen molar-refractivity contribution in [1.29, 1.82) is 0 Å². The highest BCUT2D eigenvalue weighted by Crippen LogP contribution is 2.37. The van der Waals surface area contributed by atoms with Crippen molar-refractivity contribution in [2.75, 3.05) is 30.3 Å². The van der Waals surface area contributed by atoms with Gasteiger partial charge >= 0.3 is 0 Å². The van der Waals surface area contributed by atoms with Crippen molar-refractivity contribution in [3.63, 3.8) is 0 Å². The normalized spacial score (nSPS) is 18.8. The SMILES string of the molecule is C[C@H](NC(=O)[C@@H]1CN(S(C)(=O)=O)c2cc(Cl)ccc2O1)c1ccc2c(c1)OCCO2. The van der Waals surface area contributed by atoms with Gasteiger partial charge in [0.25, 0.3) is 5.91 Å². The number of halogens is 1. The second-order valence-electron chi connectivity index (χ2n) is 7.15. The zero-order chi connectivity index (χ0) is 21.5. The van der Waals surface area contributed by atoms with Gasteiger partial charge in [0.1, 0.15) is 19.0 Å². The molecule has 1 N–H and O–H groups in total. The second-order valence-corrected chi connectivity index (χ2v) is 9.49. The van der Waals surface area contributed by atoms with E-state index in [0.29, 0.717) is 35.4 Å². The summed E-state index contributed by atoms with van der Waals surface area (Å²) in [5.74, 6) is 1.15. The molecule has 8 nitrogen and oxygen atoms in total. The number of amides is 1. The minimum atomic E-state index is -3.63. The van der Waals surface area contributed by atoms with E-state index >= 15 is 0 Å². The quantitative estimate of drug-likeness (QED) is 0.766. The maximum atomic E-state index is 12.9. The van der Waals surface area contributed by atoms with E-state index in [2.05, 4.69) is 5.32 Å². The average molecular weight is 453 g/mol. The maximum Gasteiger partial charge on any atom is 0.263 e. The lowest BCUT2D eigenvalue weighted by atomic mass is 10.1. The molecular weight excluding hydrogens is 432 g/mol. The number of benzene rings is 2. The van der Waals surface area contributed by atoms with Crippen LogP contribution >= 0.6 is 11.6 Å². The Balaban J connectivity index is 1.53. The molecule has 2 aliphatic heterocycles. The fraction of sp³-hybridized carbons (Fsp3) is 0.350. The molecule has 2 atom stereocenters. The lowest BCUT2D eigenvalue weighted by Gasteiger charge is -2.34. The van der Waals surface area contributed by atoms with Crippen molar-refractivity contribution >= 4 is 33.2 Å². The lowest BCUT2D eigenvalue weighted by Crippen LogP contribution is -2.50. The van der Waals surface area contributed by atoms with Gasteiger partial charge in [-0.1, -0.05) is 17.7 Å². The summed E-state index contributed by atoms with van der Waals surface area (Å²) >= 11 is 6.00. The highest BCUT2D eigenvalue weighted by Gasteiger charge is 2.35. The summed E-state index contributed by atoms with van der Waals surface area (Å²) in [6.07, 6.45) is 0.0727. The molecule has 0 aromatic heterocycles. The van der Waals surface area contributed by atoms with E-state index in [9.17, 15) is 13.2 Å². The molecule has 0 radical (unpaired) electrons. The van der Waals surface area contributed by atoms with E-state index in [0.717, 1.165) is 16.1 Å². The number of rotatable bonds is 4. The molecule has 1 amide bonds. The number of ether oxygens (including phenoxy) is 3. The van der Waals surface area contributed by atoms with Gasteiger partial charge in [0.05, 0.1) is 24.5 Å². The van der Waals surface area contributed by atoms with Crippen LogP contribution in [-0.4, -0.2) is 46.4 Å². The molecule has 0 saturated heterocycles. The summed E-state index contributed by atoms with van der Waals surface area (Å²) in [6, 6.07) is 9.76. The van der Waals surface area contributed by atoms with Crippen molar-refractivity contribution in [1.82, 2.24) is 5.32 Å². The average Bonchev–Trinajstić information content (AvgIpc) is 2.71. The highest BCUT2D eigenvalue weighted by molar-refractivity contribution is 7.92. The smallest absolute Gasteiger partial charge is 0.263 e. The van der Waals surface area contributed by atoms with Crippen molar-refractivity contribution < 1.29 is 27.4 Å². The standard InChI is InChI=1S/C20H21ClN2O6S/c1-12(13-3-5-17-18(9-13)28-8-7-27-17)22-20(24)19-11-23(30(2,25)26)15-10-14(21)4-6-16(15)29-19/h3-6,9-10,12,19H,7-8,11H2,1-2H3,(H,22,24)/t12-,19-/m0/s1. The minimum Gasteiger partial charge on any atom is -0.486 e. The zero-order valence-electron chi connectivity index (χ0n) is 16.4. The highest BCUT2D eigenvalue weighted by atomic mass is 35.5. The van der Waals surface area contributed by atoms with E-state index in [-0.39, 0.29) is 18.3 Å². The fourth-order valence-corrected chi connectivity index (χ4v) is 4.47. The number of carbonyl (C=O) groups is 1. The molecule has 10 heteroatoms. The number of carbonyl (C=O) groups excluding carboxylic acids is 1. The van der Waals surface area contributed by atoms with Crippen LogP contribution in [0.2, 0.25) is 5.02 Å². The van der Waals surface area contributed by atoms with Crippen molar-refractivity contribution in [3.8, 4) is 17.2 Å². The first-order valence-electron chi connectivity index (χ1n) is 9.36. The Kier molecular flexibility index (Phi) is 5.42. The van der Waals surface area contributed by atoms with Gasteiger partial charge in [-0.2, -0.15) is 0 Å². The van der Waals surface area contributed by atoms with E-state index in [1.807, 2.05) is 19.1 Å². The molecule has 0 bridgehead atoms. The number of anilines is 1. The molecule has 0 spiro atoms. The molecule has 160 valence electrons. The largest absolute Gasteiger partial charge is 0.486 e. The van der Waals surface area contributed by atoms with E-state index < -0.39 is 22.0 Å². The zero-order valence-corrected chi connectivity index (χ0v) is 18.0. The Labute approximate surface area is 179 Å². The Morgan fingerprint density at radius 3 is 2.57 bits per heavy atom. The summed E-state index contributed by atoms with van der Waals surface area (Å²) in [5, 5.41) is 3.26. The van der Waals surface area contributed by atoms with E-state index in [1.54, 1.807) is 18.2 Å². The Morgan fingerprint density at radius 2 is 1.83 bits per heavy atom. The third-order valence-corrected chi connectivity index (χ3v) is 6.29. The molecule has 2 aliphatic rings. The molecule has 0 unspecified atom stereocenters. The third-order valence-electron chi connectivity index (χ3n) is 4.91. The van der Waals surface area contributed by atoms with Crippen molar-refractivity contribution in [3.05, 3.63) is 47.0 Å². The molecular formula is C20H21ClN2O6S. The van der Waals surface area contributed by atoms with Crippen LogP contribution in [0.5, 0.6) is 17.2 Å². The van der Waals surface area contributed by atoms with Crippen LogP contribution in [-0.2, 0) is 14.8 Å². The summed E-state index contributed by atoms with van der Waals surface area (Å²) < 4.78 is 42.6. The van der Waals surface area contributed by atoms with Gasteiger partial charge in [-0.25, -0.2) is 8.42 Å². The van der Waals surface area contributed by atoms with Gasteiger partial charge in [-0.05, 0) is 42.8 Å². The number of nitrogens with one attached hydrogen (secondary N) is 1. The Morgan fingerprint density at radius 1 is 1.13 bits per heavy atom. The molecule has 2 aromatic rings. The number of hydrogen-bond acceptors (Lipinski definition) is 6. The van der Waals surface area contributed by atoms with Gasteiger partial charge in [0.2, 0.25) is 10.0 Å². The molecule has 0 aliphatic carbocycles. The van der Waals surface area contributed by atoms with Crippen LogP contribution in [0.1, 0.15) is 18.5 Å². The van der Waals surface area contributed by atoms with E-state index in [1.165, 1.54) is 6.07 Å². The molecule has 2 aromatic carbocycles. The molecule has 2 heterocycles. The van der Waals surface area contributed by atoms with Crippen LogP contribution in [0, 0.1) is 0 Å². The van der Waals surface area contributed by atoms with Crippen LogP contribution in [0.15, 0.2) is 36.4 Å². The van der Waals surface area contributed by atoms with Crippen LogP contribution in [0.4, 0.5) is 5.69 Å². The van der Waals surface area contributed by atoms with Gasteiger partial charge in [-0.15, -0.1) is 0 Å². The molecule has 30 heavy (non-hydrogen) atoms. The number of sulfonamides is 1. The van der Waals surface area contributed by atoms with Crippen LogP contribution in [0.3, 0.4) is 0 Å². The van der Waals surface area contributed by atoms with Crippen LogP contribution < -0.4 is 23.8 Å².